The molecular weight excluding hydrogens is 246 g/mol. The van der Waals surface area contributed by atoms with Gasteiger partial charge in [-0.3, -0.25) is 0 Å². The van der Waals surface area contributed by atoms with Crippen LogP contribution in [0.15, 0.2) is 48.4 Å². The fraction of sp³-hybridized carbons (Fsp3) is 0.333. The van der Waals surface area contributed by atoms with Crippen LogP contribution < -0.4 is 5.32 Å². The highest BCUT2D eigenvalue weighted by molar-refractivity contribution is 5.54. The minimum atomic E-state index is 0.302. The van der Waals surface area contributed by atoms with E-state index >= 15 is 0 Å². The number of hydrogen-bond donors (Lipinski definition) is 1. The molecule has 0 atom stereocenters. The predicted molar refractivity (Wildman–Crippen MR) is 86.3 cm³/mol. The van der Waals surface area contributed by atoms with Gasteiger partial charge in [-0.25, -0.2) is 0 Å². The van der Waals surface area contributed by atoms with Crippen molar-refractivity contribution in [2.24, 2.45) is 0 Å². The van der Waals surface area contributed by atoms with Crippen LogP contribution in [0.3, 0.4) is 0 Å². The molecule has 0 fully saturated rings. The first kappa shape index (κ1) is 15.9. The van der Waals surface area contributed by atoms with Gasteiger partial charge in [-0.05, 0) is 38.3 Å². The van der Waals surface area contributed by atoms with Crippen LogP contribution in [0.5, 0.6) is 0 Å². The van der Waals surface area contributed by atoms with Crippen LogP contribution in [0.25, 0.3) is 0 Å². The van der Waals surface area contributed by atoms with Crippen LogP contribution in [0, 0.1) is 19.3 Å². The molecule has 0 aliphatic rings. The SMILES string of the molecule is C#CCOC(=C)CCC/C(=C\C)Nc1ccccc1C. The van der Waals surface area contributed by atoms with Gasteiger partial charge >= 0.3 is 0 Å². The van der Waals surface area contributed by atoms with Gasteiger partial charge in [0.15, 0.2) is 0 Å². The first-order valence-electron chi connectivity index (χ1n) is 6.89. The first-order valence-corrected chi connectivity index (χ1v) is 6.89. The van der Waals surface area contributed by atoms with E-state index in [0.717, 1.165) is 30.7 Å². The Kier molecular flexibility index (Phi) is 7.06. The molecule has 20 heavy (non-hydrogen) atoms. The highest BCUT2D eigenvalue weighted by atomic mass is 16.5. The van der Waals surface area contributed by atoms with Crippen molar-refractivity contribution >= 4 is 5.69 Å². The molecule has 0 radical (unpaired) electrons. The highest BCUT2D eigenvalue weighted by Crippen LogP contribution is 2.19. The molecule has 1 rings (SSSR count). The summed E-state index contributed by atoms with van der Waals surface area (Å²) in [5, 5.41) is 3.47. The quantitative estimate of drug-likeness (QED) is 0.548. The molecule has 0 saturated carbocycles. The summed E-state index contributed by atoms with van der Waals surface area (Å²) >= 11 is 0. The number of rotatable bonds is 8. The number of para-hydroxylation sites is 1. The second kappa shape index (κ2) is 8.87. The van der Waals surface area contributed by atoms with Crippen molar-refractivity contribution in [3.05, 3.63) is 53.9 Å². The van der Waals surface area contributed by atoms with Gasteiger partial charge in [-0.2, -0.15) is 0 Å². The summed E-state index contributed by atoms with van der Waals surface area (Å²) in [6.45, 7) is 8.31. The van der Waals surface area contributed by atoms with Gasteiger partial charge in [0.05, 0.1) is 5.76 Å². The Hall–Kier alpha value is -2.14. The first-order chi connectivity index (χ1) is 9.67. The molecule has 0 aromatic heterocycles. The molecule has 0 bridgehead atoms. The number of terminal acetylenes is 1. The molecule has 0 unspecified atom stereocenters. The van der Waals surface area contributed by atoms with Gasteiger partial charge < -0.3 is 10.1 Å². The van der Waals surface area contributed by atoms with E-state index in [1.165, 1.54) is 11.3 Å². The van der Waals surface area contributed by atoms with Gasteiger partial charge in [-0.1, -0.05) is 36.8 Å². The molecule has 1 aromatic rings. The van der Waals surface area contributed by atoms with Crippen molar-refractivity contribution in [3.8, 4) is 12.3 Å². The highest BCUT2D eigenvalue weighted by Gasteiger charge is 2.01. The molecule has 2 nitrogen and oxygen atoms in total. The molecular formula is C18H23NO. The second-order valence-electron chi connectivity index (χ2n) is 4.64. The standard InChI is InChI=1S/C18H23NO/c1-5-14-20-16(4)11-9-12-17(6-2)19-18-13-8-7-10-15(18)3/h1,6-8,10,13,19H,4,9,11-12,14H2,2-3H3/b17-6+. The number of ether oxygens (including phenoxy) is 1. The topological polar surface area (TPSA) is 21.3 Å². The Balaban J connectivity index is 2.40. The lowest BCUT2D eigenvalue weighted by Crippen LogP contribution is -2.01. The molecule has 0 saturated heterocycles. The number of allylic oxidation sites excluding steroid dienone is 3. The maximum Gasteiger partial charge on any atom is 0.148 e. The zero-order valence-electron chi connectivity index (χ0n) is 12.4. The largest absolute Gasteiger partial charge is 0.486 e. The fourth-order valence-electron chi connectivity index (χ4n) is 1.86. The Bertz CT molecular complexity index is 508. The molecule has 1 N–H and O–H groups in total. The minimum Gasteiger partial charge on any atom is -0.486 e. The van der Waals surface area contributed by atoms with Gasteiger partial charge in [0.2, 0.25) is 0 Å². The lowest BCUT2D eigenvalue weighted by molar-refractivity contribution is 0.241. The summed E-state index contributed by atoms with van der Waals surface area (Å²) in [5.74, 6) is 3.20. The van der Waals surface area contributed by atoms with Gasteiger partial charge in [-0.15, -0.1) is 6.42 Å². The maximum atomic E-state index is 5.27. The van der Waals surface area contributed by atoms with Crippen LogP contribution in [-0.4, -0.2) is 6.61 Å². The van der Waals surface area contributed by atoms with Crippen LogP contribution in [-0.2, 0) is 4.74 Å². The summed E-state index contributed by atoms with van der Waals surface area (Å²) in [4.78, 5) is 0. The molecule has 1 aromatic carbocycles. The number of anilines is 1. The third-order valence-corrected chi connectivity index (χ3v) is 3.05. The maximum absolute atomic E-state index is 5.27. The van der Waals surface area contributed by atoms with E-state index in [2.05, 4.69) is 42.9 Å². The monoisotopic (exact) mass is 269 g/mol. The molecule has 2 heteroatoms. The van der Waals surface area contributed by atoms with E-state index in [4.69, 9.17) is 11.2 Å². The van der Waals surface area contributed by atoms with Crippen molar-refractivity contribution in [1.82, 2.24) is 0 Å². The van der Waals surface area contributed by atoms with Crippen molar-refractivity contribution in [3.63, 3.8) is 0 Å². The van der Waals surface area contributed by atoms with Crippen molar-refractivity contribution in [1.29, 1.82) is 0 Å². The van der Waals surface area contributed by atoms with Crippen LogP contribution in [0.4, 0.5) is 5.69 Å². The van der Waals surface area contributed by atoms with Gasteiger partial charge in [0.1, 0.15) is 6.61 Å². The third-order valence-electron chi connectivity index (χ3n) is 3.05. The number of hydrogen-bond acceptors (Lipinski definition) is 2. The molecule has 106 valence electrons. The number of nitrogens with one attached hydrogen (secondary N) is 1. The Morgan fingerprint density at radius 2 is 2.15 bits per heavy atom. The van der Waals surface area contributed by atoms with Crippen molar-refractivity contribution < 1.29 is 4.74 Å². The lowest BCUT2D eigenvalue weighted by Gasteiger charge is -2.13. The van der Waals surface area contributed by atoms with E-state index < -0.39 is 0 Å². The lowest BCUT2D eigenvalue weighted by atomic mass is 10.1. The second-order valence-corrected chi connectivity index (χ2v) is 4.64. The van der Waals surface area contributed by atoms with Crippen molar-refractivity contribution in [2.75, 3.05) is 11.9 Å². The van der Waals surface area contributed by atoms with Gasteiger partial charge in [0, 0.05) is 17.8 Å². The average Bonchev–Trinajstić information content (AvgIpc) is 2.46. The summed E-state index contributed by atoms with van der Waals surface area (Å²) in [7, 11) is 0. The average molecular weight is 269 g/mol. The smallest absolute Gasteiger partial charge is 0.148 e. The fourth-order valence-corrected chi connectivity index (χ4v) is 1.86. The van der Waals surface area contributed by atoms with Crippen LogP contribution in [0.1, 0.15) is 31.7 Å². The van der Waals surface area contributed by atoms with E-state index in [9.17, 15) is 0 Å². The molecule has 0 heterocycles. The zero-order valence-corrected chi connectivity index (χ0v) is 12.4. The minimum absolute atomic E-state index is 0.302. The summed E-state index contributed by atoms with van der Waals surface area (Å²) in [6.07, 6.45) is 10.0. The van der Waals surface area contributed by atoms with Crippen molar-refractivity contribution in [2.45, 2.75) is 33.1 Å². The van der Waals surface area contributed by atoms with Crippen LogP contribution in [0.2, 0.25) is 0 Å². The van der Waals surface area contributed by atoms with E-state index in [1.54, 1.807) is 0 Å². The third kappa shape index (κ3) is 5.67. The molecule has 0 spiro atoms. The zero-order chi connectivity index (χ0) is 14.8. The summed E-state index contributed by atoms with van der Waals surface area (Å²) < 4.78 is 5.27. The summed E-state index contributed by atoms with van der Waals surface area (Å²) in [6, 6.07) is 8.28. The number of aryl methyl sites for hydroxylation is 1. The summed E-state index contributed by atoms with van der Waals surface area (Å²) in [5.41, 5.74) is 3.61. The van der Waals surface area contributed by atoms with E-state index in [0.29, 0.717) is 6.61 Å². The number of benzene rings is 1. The molecule has 0 amide bonds. The van der Waals surface area contributed by atoms with Crippen LogP contribution >= 0.6 is 0 Å². The van der Waals surface area contributed by atoms with Gasteiger partial charge in [0.25, 0.3) is 0 Å². The molecule has 0 aliphatic carbocycles. The Labute approximate surface area is 122 Å². The Morgan fingerprint density at radius 3 is 2.80 bits per heavy atom. The molecule has 0 aliphatic heterocycles. The van der Waals surface area contributed by atoms with E-state index in [1.807, 2.05) is 19.1 Å². The van der Waals surface area contributed by atoms with E-state index in [-0.39, 0.29) is 0 Å². The normalized spacial score (nSPS) is 10.8. The Morgan fingerprint density at radius 1 is 1.40 bits per heavy atom. The predicted octanol–water partition coefficient (Wildman–Crippen LogP) is 4.64.